The third kappa shape index (κ3) is 3.72. The van der Waals surface area contributed by atoms with Gasteiger partial charge in [-0.15, -0.1) is 0 Å². The van der Waals surface area contributed by atoms with Gasteiger partial charge < -0.3 is 20.8 Å². The summed E-state index contributed by atoms with van der Waals surface area (Å²) in [6.45, 7) is 0.247. The maximum atomic E-state index is 11.7. The predicted octanol–water partition coefficient (Wildman–Crippen LogP) is 1.15. The van der Waals surface area contributed by atoms with Crippen LogP contribution in [0.2, 0.25) is 0 Å². The summed E-state index contributed by atoms with van der Waals surface area (Å²) < 4.78 is 1.62. The highest BCUT2D eigenvalue weighted by molar-refractivity contribution is 5.95. The van der Waals surface area contributed by atoms with Crippen molar-refractivity contribution in [2.45, 2.75) is 6.54 Å². The fraction of sp³-hybridized carbons (Fsp3) is 0.154. The van der Waals surface area contributed by atoms with E-state index in [-0.39, 0.29) is 23.5 Å². The third-order valence-corrected chi connectivity index (χ3v) is 2.68. The van der Waals surface area contributed by atoms with E-state index in [1.807, 2.05) is 0 Å². The summed E-state index contributed by atoms with van der Waals surface area (Å²) in [5.41, 5.74) is 0.686. The van der Waals surface area contributed by atoms with Crippen LogP contribution in [0.4, 0.5) is 10.5 Å². The number of nitrogens with zero attached hydrogens (tertiary/aromatic N) is 2. The molecule has 0 unspecified atom stereocenters. The lowest BCUT2D eigenvalue weighted by atomic mass is 10.2. The molecule has 8 heteroatoms. The summed E-state index contributed by atoms with van der Waals surface area (Å²) in [6, 6.07) is 5.06. The van der Waals surface area contributed by atoms with Crippen molar-refractivity contribution in [2.24, 2.45) is 7.05 Å². The molecule has 0 aliphatic rings. The number of carbonyl (C=O) groups is 2. The monoisotopic (exact) mass is 290 g/mol. The Hall–Kier alpha value is -3.03. The second-order valence-electron chi connectivity index (χ2n) is 4.33. The average molecular weight is 290 g/mol. The molecular formula is C13H14N4O4. The molecule has 0 bridgehead atoms. The third-order valence-electron chi connectivity index (χ3n) is 2.68. The summed E-state index contributed by atoms with van der Waals surface area (Å²) in [4.78, 5) is 22.6. The Balaban J connectivity index is 1.96. The number of hydrogen-bond donors (Lipinski definition) is 4. The summed E-state index contributed by atoms with van der Waals surface area (Å²) >= 11 is 0. The highest BCUT2D eigenvalue weighted by Crippen LogP contribution is 2.21. The molecule has 2 rings (SSSR count). The van der Waals surface area contributed by atoms with Crippen LogP contribution in [0.15, 0.2) is 30.5 Å². The zero-order chi connectivity index (χ0) is 15.4. The number of aryl methyl sites for hydroxylation is 1. The van der Waals surface area contributed by atoms with Gasteiger partial charge in [-0.25, -0.2) is 9.59 Å². The lowest BCUT2D eigenvalue weighted by Crippen LogP contribution is -2.28. The van der Waals surface area contributed by atoms with Crippen LogP contribution in [0.25, 0.3) is 0 Å². The van der Waals surface area contributed by atoms with E-state index in [1.54, 1.807) is 24.0 Å². The van der Waals surface area contributed by atoms with Crippen LogP contribution in [0.3, 0.4) is 0 Å². The van der Waals surface area contributed by atoms with Crippen molar-refractivity contribution in [2.75, 3.05) is 5.32 Å². The molecular weight excluding hydrogens is 276 g/mol. The minimum absolute atomic E-state index is 0.247. The molecule has 1 aromatic carbocycles. The summed E-state index contributed by atoms with van der Waals surface area (Å²) in [5.74, 6) is -1.63. The van der Waals surface area contributed by atoms with Crippen LogP contribution in [-0.2, 0) is 13.6 Å². The number of aromatic hydroxyl groups is 1. The number of hydrogen-bond acceptors (Lipinski definition) is 4. The van der Waals surface area contributed by atoms with Crippen LogP contribution in [-0.4, -0.2) is 32.0 Å². The van der Waals surface area contributed by atoms with Gasteiger partial charge in [-0.2, -0.15) is 5.10 Å². The van der Waals surface area contributed by atoms with Gasteiger partial charge in [-0.3, -0.25) is 4.68 Å². The van der Waals surface area contributed by atoms with Crippen molar-refractivity contribution in [3.8, 4) is 5.75 Å². The Kier molecular flexibility index (Phi) is 4.07. The minimum Gasteiger partial charge on any atom is -0.507 e. The van der Waals surface area contributed by atoms with Gasteiger partial charge in [0, 0.05) is 18.9 Å². The van der Waals surface area contributed by atoms with Crippen LogP contribution >= 0.6 is 0 Å². The molecule has 0 spiro atoms. The molecule has 0 saturated carbocycles. The first-order chi connectivity index (χ1) is 9.95. The number of phenols is 1. The first-order valence-electron chi connectivity index (χ1n) is 6.05. The Morgan fingerprint density at radius 1 is 1.33 bits per heavy atom. The smallest absolute Gasteiger partial charge is 0.339 e. The van der Waals surface area contributed by atoms with Crippen LogP contribution in [0, 0.1) is 0 Å². The number of benzene rings is 1. The number of aromatic carboxylic acids is 1. The van der Waals surface area contributed by atoms with E-state index in [1.165, 1.54) is 18.2 Å². The van der Waals surface area contributed by atoms with Crippen molar-refractivity contribution >= 4 is 17.7 Å². The first kappa shape index (κ1) is 14.4. The standard InChI is InChI=1S/C13H14N4O4/c1-17-5-4-9(16-17)7-14-13(21)15-8-2-3-11(18)10(6-8)12(19)20/h2-6,18H,7H2,1H3,(H,19,20)(H2,14,15,21). The van der Waals surface area contributed by atoms with E-state index in [2.05, 4.69) is 15.7 Å². The molecule has 2 aromatic rings. The molecule has 0 radical (unpaired) electrons. The second-order valence-corrected chi connectivity index (χ2v) is 4.33. The summed E-state index contributed by atoms with van der Waals surface area (Å²) in [6.07, 6.45) is 1.76. The lowest BCUT2D eigenvalue weighted by molar-refractivity contribution is 0.0693. The normalized spacial score (nSPS) is 10.1. The van der Waals surface area contributed by atoms with E-state index in [4.69, 9.17) is 5.11 Å². The van der Waals surface area contributed by atoms with E-state index >= 15 is 0 Å². The molecule has 0 fully saturated rings. The number of anilines is 1. The van der Waals surface area contributed by atoms with E-state index < -0.39 is 12.0 Å². The fourth-order valence-corrected chi connectivity index (χ4v) is 1.69. The molecule has 110 valence electrons. The zero-order valence-corrected chi connectivity index (χ0v) is 11.2. The van der Waals surface area contributed by atoms with Crippen molar-refractivity contribution in [3.63, 3.8) is 0 Å². The van der Waals surface area contributed by atoms with E-state index in [9.17, 15) is 14.7 Å². The molecule has 0 aliphatic carbocycles. The van der Waals surface area contributed by atoms with Gasteiger partial charge in [0.05, 0.1) is 12.2 Å². The van der Waals surface area contributed by atoms with Gasteiger partial charge in [-0.1, -0.05) is 0 Å². The Morgan fingerprint density at radius 2 is 2.10 bits per heavy atom. The van der Waals surface area contributed by atoms with Crippen molar-refractivity contribution in [1.82, 2.24) is 15.1 Å². The Bertz CT molecular complexity index is 681. The minimum atomic E-state index is -1.27. The second kappa shape index (κ2) is 5.95. The van der Waals surface area contributed by atoms with Crippen LogP contribution < -0.4 is 10.6 Å². The predicted molar refractivity (Wildman–Crippen MR) is 74.1 cm³/mol. The summed E-state index contributed by atoms with van der Waals surface area (Å²) in [5, 5.41) is 27.4. The molecule has 1 heterocycles. The van der Waals surface area contributed by atoms with Crippen molar-refractivity contribution in [3.05, 3.63) is 41.7 Å². The molecule has 0 atom stereocenters. The quantitative estimate of drug-likeness (QED) is 0.630. The van der Waals surface area contributed by atoms with Gasteiger partial charge in [-0.05, 0) is 24.3 Å². The number of carbonyl (C=O) groups excluding carboxylic acids is 1. The molecule has 2 amide bonds. The number of rotatable bonds is 4. The number of urea groups is 1. The Labute approximate surface area is 120 Å². The molecule has 1 aromatic heterocycles. The lowest BCUT2D eigenvalue weighted by Gasteiger charge is -2.08. The number of carboxylic acid groups (broad SMARTS) is 1. The van der Waals surface area contributed by atoms with Crippen LogP contribution in [0.5, 0.6) is 5.75 Å². The van der Waals surface area contributed by atoms with E-state index in [0.717, 1.165) is 0 Å². The van der Waals surface area contributed by atoms with Gasteiger partial charge >= 0.3 is 12.0 Å². The van der Waals surface area contributed by atoms with E-state index in [0.29, 0.717) is 5.69 Å². The van der Waals surface area contributed by atoms with Gasteiger partial charge in [0.15, 0.2) is 0 Å². The molecule has 8 nitrogen and oxygen atoms in total. The highest BCUT2D eigenvalue weighted by atomic mass is 16.4. The van der Waals surface area contributed by atoms with Gasteiger partial charge in [0.2, 0.25) is 0 Å². The topological polar surface area (TPSA) is 116 Å². The maximum Gasteiger partial charge on any atom is 0.339 e. The van der Waals surface area contributed by atoms with Gasteiger partial charge in [0.25, 0.3) is 0 Å². The van der Waals surface area contributed by atoms with Gasteiger partial charge in [0.1, 0.15) is 11.3 Å². The number of carboxylic acids is 1. The summed E-state index contributed by atoms with van der Waals surface area (Å²) in [7, 11) is 1.77. The fourth-order valence-electron chi connectivity index (χ4n) is 1.69. The molecule has 0 aliphatic heterocycles. The highest BCUT2D eigenvalue weighted by Gasteiger charge is 2.11. The molecule has 0 saturated heterocycles. The molecule has 21 heavy (non-hydrogen) atoms. The zero-order valence-electron chi connectivity index (χ0n) is 11.2. The Morgan fingerprint density at radius 3 is 2.71 bits per heavy atom. The first-order valence-corrected chi connectivity index (χ1v) is 6.05. The average Bonchev–Trinajstić information content (AvgIpc) is 2.84. The molecule has 4 N–H and O–H groups in total. The number of nitrogens with one attached hydrogen (secondary N) is 2. The SMILES string of the molecule is Cn1ccc(CNC(=O)Nc2ccc(O)c(C(=O)O)c2)n1. The number of aromatic nitrogens is 2. The van der Waals surface area contributed by atoms with Crippen LogP contribution in [0.1, 0.15) is 16.1 Å². The van der Waals surface area contributed by atoms with Crippen molar-refractivity contribution in [1.29, 1.82) is 0 Å². The van der Waals surface area contributed by atoms with Crippen molar-refractivity contribution < 1.29 is 19.8 Å². The largest absolute Gasteiger partial charge is 0.507 e. The maximum absolute atomic E-state index is 11.7. The number of amides is 2.